The van der Waals surface area contributed by atoms with Crippen LogP contribution in [0.25, 0.3) is 0 Å². The lowest BCUT2D eigenvalue weighted by molar-refractivity contribution is 1.01. The Morgan fingerprint density at radius 2 is 1.67 bits per heavy atom. The largest absolute Gasteiger partial charge is 0.104 e. The van der Waals surface area contributed by atoms with Crippen molar-refractivity contribution < 1.29 is 0 Å². The van der Waals surface area contributed by atoms with Crippen LogP contribution < -0.4 is 0 Å². The first-order chi connectivity index (χ1) is 3.89. The quantitative estimate of drug-likeness (QED) is 0.519. The van der Waals surface area contributed by atoms with Crippen LogP contribution in [0.5, 0.6) is 0 Å². The van der Waals surface area contributed by atoms with Gasteiger partial charge in [0.05, 0.1) is 8.07 Å². The highest BCUT2D eigenvalue weighted by Gasteiger charge is 2.25. The minimum atomic E-state index is -1.05. The van der Waals surface area contributed by atoms with E-state index in [1.54, 1.807) is 0 Å². The van der Waals surface area contributed by atoms with Crippen LogP contribution in [0.1, 0.15) is 20.8 Å². The maximum Gasteiger partial charge on any atom is 0.0768 e. The first kappa shape index (κ1) is 8.96. The average Bonchev–Trinajstić information content (AvgIpc) is 1.65. The first-order valence-corrected chi connectivity index (χ1v) is 6.62. The summed E-state index contributed by atoms with van der Waals surface area (Å²) in [7, 11) is -1.05. The van der Waals surface area contributed by atoms with Crippen molar-refractivity contribution in [1.29, 1.82) is 0 Å². The summed E-state index contributed by atoms with van der Waals surface area (Å²) in [6.07, 6.45) is 0. The molecule has 0 saturated carbocycles. The molecule has 0 spiro atoms. The molecule has 54 valence electrons. The second-order valence-electron chi connectivity index (χ2n) is 3.66. The molecule has 0 N–H and O–H groups in total. The lowest BCUT2D eigenvalue weighted by Crippen LogP contribution is -2.30. The topological polar surface area (TPSA) is 0 Å². The number of hydrogen-bond acceptors (Lipinski definition) is 0. The zero-order valence-electron chi connectivity index (χ0n) is 7.28. The standard InChI is InChI=1S/C8H18Si/c1-7(2)9(5,6)8(3)4/h8H,1H2,2-6H3. The van der Waals surface area contributed by atoms with Crippen LogP contribution >= 0.6 is 0 Å². The van der Waals surface area contributed by atoms with Crippen LogP contribution in [0.3, 0.4) is 0 Å². The summed E-state index contributed by atoms with van der Waals surface area (Å²) in [6, 6.07) is 0. The van der Waals surface area contributed by atoms with Crippen molar-refractivity contribution in [2.75, 3.05) is 0 Å². The highest BCUT2D eigenvalue weighted by molar-refractivity contribution is 6.85. The van der Waals surface area contributed by atoms with Gasteiger partial charge in [0, 0.05) is 0 Å². The Kier molecular flexibility index (Phi) is 2.68. The molecule has 0 aliphatic rings. The Labute approximate surface area is 60.0 Å². The van der Waals surface area contributed by atoms with Gasteiger partial charge in [-0.1, -0.05) is 32.1 Å². The Morgan fingerprint density at radius 1 is 1.33 bits per heavy atom. The lowest BCUT2D eigenvalue weighted by Gasteiger charge is -2.26. The van der Waals surface area contributed by atoms with Crippen molar-refractivity contribution in [3.8, 4) is 0 Å². The SMILES string of the molecule is C=C(C)[Si](C)(C)C(C)C. The third kappa shape index (κ3) is 1.97. The van der Waals surface area contributed by atoms with Gasteiger partial charge in [-0.25, -0.2) is 0 Å². The van der Waals surface area contributed by atoms with Crippen molar-refractivity contribution in [1.82, 2.24) is 0 Å². The molecular formula is C8H18Si. The van der Waals surface area contributed by atoms with Crippen molar-refractivity contribution in [3.05, 3.63) is 11.8 Å². The summed E-state index contributed by atoms with van der Waals surface area (Å²) in [6.45, 7) is 15.5. The van der Waals surface area contributed by atoms with Crippen molar-refractivity contribution >= 4 is 8.07 Å². The van der Waals surface area contributed by atoms with E-state index >= 15 is 0 Å². The van der Waals surface area contributed by atoms with E-state index in [0.717, 1.165) is 5.54 Å². The molecule has 0 aliphatic carbocycles. The Balaban J connectivity index is 4.19. The fraction of sp³-hybridized carbons (Fsp3) is 0.750. The summed E-state index contributed by atoms with van der Waals surface area (Å²) < 4.78 is 0. The van der Waals surface area contributed by atoms with Crippen LogP contribution in [0, 0.1) is 0 Å². The van der Waals surface area contributed by atoms with Crippen LogP contribution in [0.15, 0.2) is 11.8 Å². The van der Waals surface area contributed by atoms with Gasteiger partial charge in [-0.15, -0.1) is 6.58 Å². The minimum absolute atomic E-state index is 0.829. The molecule has 1 heteroatoms. The van der Waals surface area contributed by atoms with Crippen LogP contribution in [0.2, 0.25) is 18.6 Å². The molecule has 0 rings (SSSR count). The van der Waals surface area contributed by atoms with Crippen molar-refractivity contribution in [3.63, 3.8) is 0 Å². The lowest BCUT2D eigenvalue weighted by atomic mass is 10.6. The van der Waals surface area contributed by atoms with Gasteiger partial charge in [-0.05, 0) is 12.5 Å². The van der Waals surface area contributed by atoms with E-state index in [0.29, 0.717) is 0 Å². The molecule has 0 amide bonds. The van der Waals surface area contributed by atoms with Gasteiger partial charge in [0.15, 0.2) is 0 Å². The third-order valence-corrected chi connectivity index (χ3v) is 7.63. The average molecular weight is 142 g/mol. The van der Waals surface area contributed by atoms with Crippen LogP contribution in [-0.4, -0.2) is 8.07 Å². The van der Waals surface area contributed by atoms with Gasteiger partial charge in [0.25, 0.3) is 0 Å². The second kappa shape index (κ2) is 2.69. The third-order valence-electron chi connectivity index (χ3n) is 2.54. The second-order valence-corrected chi connectivity index (χ2v) is 9.11. The van der Waals surface area contributed by atoms with E-state index in [4.69, 9.17) is 0 Å². The smallest absolute Gasteiger partial charge is 0.0768 e. The zero-order chi connectivity index (χ0) is 7.65. The summed E-state index contributed by atoms with van der Waals surface area (Å²) in [5.74, 6) is 0. The molecule has 0 nitrogen and oxygen atoms in total. The molecule has 0 atom stereocenters. The maximum absolute atomic E-state index is 4.01. The van der Waals surface area contributed by atoms with E-state index < -0.39 is 8.07 Å². The maximum atomic E-state index is 4.01. The Bertz CT molecular complexity index is 112. The van der Waals surface area contributed by atoms with Crippen LogP contribution in [0.4, 0.5) is 0 Å². The van der Waals surface area contributed by atoms with E-state index in [1.165, 1.54) is 5.20 Å². The van der Waals surface area contributed by atoms with E-state index in [2.05, 4.69) is 40.4 Å². The molecule has 0 bridgehead atoms. The number of allylic oxidation sites excluding steroid dienone is 1. The molecule has 0 unspecified atom stereocenters. The molecule has 0 aromatic rings. The van der Waals surface area contributed by atoms with E-state index in [-0.39, 0.29) is 0 Å². The predicted molar refractivity (Wildman–Crippen MR) is 47.4 cm³/mol. The number of rotatable bonds is 2. The number of hydrogen-bond donors (Lipinski definition) is 0. The molecule has 0 radical (unpaired) electrons. The van der Waals surface area contributed by atoms with Crippen molar-refractivity contribution in [2.45, 2.75) is 39.4 Å². The van der Waals surface area contributed by atoms with Gasteiger partial charge in [0.2, 0.25) is 0 Å². The van der Waals surface area contributed by atoms with Gasteiger partial charge in [-0.3, -0.25) is 0 Å². The van der Waals surface area contributed by atoms with Gasteiger partial charge >= 0.3 is 0 Å². The van der Waals surface area contributed by atoms with Crippen molar-refractivity contribution in [2.24, 2.45) is 0 Å². The van der Waals surface area contributed by atoms with Gasteiger partial charge in [-0.2, -0.15) is 0 Å². The highest BCUT2D eigenvalue weighted by Crippen LogP contribution is 2.25. The van der Waals surface area contributed by atoms with Gasteiger partial charge < -0.3 is 0 Å². The minimum Gasteiger partial charge on any atom is -0.104 e. The normalized spacial score (nSPS) is 12.2. The first-order valence-electron chi connectivity index (χ1n) is 3.55. The zero-order valence-corrected chi connectivity index (χ0v) is 8.28. The fourth-order valence-corrected chi connectivity index (χ4v) is 1.48. The molecule has 0 fully saturated rings. The predicted octanol–water partition coefficient (Wildman–Crippen LogP) is 3.22. The Morgan fingerprint density at radius 3 is 1.67 bits per heavy atom. The molecule has 0 heterocycles. The fourth-order valence-electron chi connectivity index (χ4n) is 0.493. The van der Waals surface area contributed by atoms with E-state index in [1.807, 2.05) is 0 Å². The van der Waals surface area contributed by atoms with E-state index in [9.17, 15) is 0 Å². The summed E-state index contributed by atoms with van der Waals surface area (Å²) >= 11 is 0. The summed E-state index contributed by atoms with van der Waals surface area (Å²) in [5.41, 5.74) is 0.829. The highest BCUT2D eigenvalue weighted by atomic mass is 28.3. The molecule has 0 saturated heterocycles. The molecule has 0 aliphatic heterocycles. The monoisotopic (exact) mass is 142 g/mol. The molecule has 0 aromatic heterocycles. The molecule has 9 heavy (non-hydrogen) atoms. The summed E-state index contributed by atoms with van der Waals surface area (Å²) in [5, 5.41) is 1.41. The summed E-state index contributed by atoms with van der Waals surface area (Å²) in [4.78, 5) is 0. The van der Waals surface area contributed by atoms with Gasteiger partial charge in [0.1, 0.15) is 0 Å². The molecule has 0 aromatic carbocycles. The molecular weight excluding hydrogens is 124 g/mol. The Hall–Kier alpha value is -0.0431. The van der Waals surface area contributed by atoms with Crippen LogP contribution in [-0.2, 0) is 0 Å².